The van der Waals surface area contributed by atoms with Gasteiger partial charge in [-0.25, -0.2) is 4.57 Å². The van der Waals surface area contributed by atoms with Crippen molar-refractivity contribution >= 4 is 7.82 Å². The molecule has 1 aliphatic carbocycles. The molecule has 2 N–H and O–H groups in total. The second-order valence-electron chi connectivity index (χ2n) is 6.21. The molecule has 0 aromatic carbocycles. The Hall–Kier alpha value is -0.410. The van der Waals surface area contributed by atoms with Crippen molar-refractivity contribution in [2.24, 2.45) is 11.8 Å². The normalized spacial score (nSPS) is 27.5. The molecule has 0 aliphatic heterocycles. The summed E-state index contributed by atoms with van der Waals surface area (Å²) in [7, 11) is -4.50. The maximum absolute atomic E-state index is 11.2. The van der Waals surface area contributed by atoms with Crippen molar-refractivity contribution in [3.05, 3.63) is 23.8 Å². The predicted molar refractivity (Wildman–Crippen MR) is 85.8 cm³/mol. The van der Waals surface area contributed by atoms with Crippen LogP contribution in [0.1, 0.15) is 59.8 Å². The Morgan fingerprint density at radius 2 is 2.10 bits per heavy atom. The summed E-state index contributed by atoms with van der Waals surface area (Å²) < 4.78 is 16.2. The van der Waals surface area contributed by atoms with Gasteiger partial charge in [0.25, 0.3) is 0 Å². The number of phosphoric ester groups is 1. The van der Waals surface area contributed by atoms with E-state index in [-0.39, 0.29) is 5.92 Å². The van der Waals surface area contributed by atoms with Gasteiger partial charge >= 0.3 is 7.82 Å². The second-order valence-corrected chi connectivity index (χ2v) is 7.37. The lowest BCUT2D eigenvalue weighted by Gasteiger charge is -2.37. The molecule has 3 unspecified atom stereocenters. The topological polar surface area (TPSA) is 66.8 Å². The highest BCUT2D eigenvalue weighted by Crippen LogP contribution is 2.48. The smallest absolute Gasteiger partial charge is 0.303 e. The maximum Gasteiger partial charge on any atom is 0.470 e. The van der Waals surface area contributed by atoms with Gasteiger partial charge < -0.3 is 9.79 Å². The molecule has 21 heavy (non-hydrogen) atoms. The van der Waals surface area contributed by atoms with Gasteiger partial charge in [0.1, 0.15) is 5.60 Å². The summed E-state index contributed by atoms with van der Waals surface area (Å²) in [6, 6.07) is 0. The van der Waals surface area contributed by atoms with Crippen LogP contribution in [0.2, 0.25) is 0 Å². The van der Waals surface area contributed by atoms with Crippen molar-refractivity contribution in [1.29, 1.82) is 0 Å². The van der Waals surface area contributed by atoms with E-state index < -0.39 is 13.4 Å². The Kier molecular flexibility index (Phi) is 6.86. The van der Waals surface area contributed by atoms with E-state index in [0.717, 1.165) is 12.8 Å². The van der Waals surface area contributed by atoms with Crippen LogP contribution in [0.15, 0.2) is 23.8 Å². The molecule has 0 aromatic heterocycles. The van der Waals surface area contributed by atoms with Gasteiger partial charge in [-0.05, 0) is 19.3 Å². The second kappa shape index (κ2) is 7.73. The van der Waals surface area contributed by atoms with Gasteiger partial charge in [0.05, 0.1) is 0 Å². The maximum atomic E-state index is 11.2. The SMILES string of the molecule is CCCCC(CC)CC1=CC=CC(C)(OP(=O)(O)O)C1C. The summed E-state index contributed by atoms with van der Waals surface area (Å²) >= 11 is 0. The molecular formula is C16H29O4P. The number of unbranched alkanes of at least 4 members (excludes halogenated alkanes) is 1. The molecule has 0 saturated heterocycles. The molecule has 0 fully saturated rings. The molecule has 3 atom stereocenters. The first-order valence-electron chi connectivity index (χ1n) is 7.86. The fourth-order valence-corrected chi connectivity index (χ4v) is 3.64. The lowest BCUT2D eigenvalue weighted by atomic mass is 9.76. The molecule has 0 saturated carbocycles. The highest BCUT2D eigenvalue weighted by molar-refractivity contribution is 7.46. The zero-order valence-electron chi connectivity index (χ0n) is 13.6. The Morgan fingerprint density at radius 1 is 1.43 bits per heavy atom. The first kappa shape index (κ1) is 18.6. The minimum Gasteiger partial charge on any atom is -0.303 e. The molecule has 5 heteroatoms. The van der Waals surface area contributed by atoms with Gasteiger partial charge in [-0.3, -0.25) is 4.52 Å². The summed E-state index contributed by atoms with van der Waals surface area (Å²) in [6.07, 6.45) is 11.4. The van der Waals surface area contributed by atoms with Crippen molar-refractivity contribution < 1.29 is 18.9 Å². The minimum atomic E-state index is -4.50. The summed E-state index contributed by atoms with van der Waals surface area (Å²) in [5.41, 5.74) is 0.281. The van der Waals surface area contributed by atoms with Crippen LogP contribution in [0.4, 0.5) is 0 Å². The quantitative estimate of drug-likeness (QED) is 0.643. The third-order valence-corrected chi connectivity index (χ3v) is 5.17. The zero-order chi connectivity index (χ0) is 16.1. The standard InChI is InChI=1S/C16H29O4P/c1-5-7-9-14(6-2)12-15-10-8-11-16(4,13(15)3)20-21(17,18)19/h8,10-11,13-14H,5-7,9,12H2,1-4H3,(H2,17,18,19). The molecule has 0 aromatic rings. The molecule has 122 valence electrons. The predicted octanol–water partition coefficient (Wildman–Crippen LogP) is 4.59. The van der Waals surface area contributed by atoms with E-state index in [1.807, 2.05) is 13.0 Å². The van der Waals surface area contributed by atoms with E-state index in [2.05, 4.69) is 19.9 Å². The van der Waals surface area contributed by atoms with Gasteiger partial charge in [-0.1, -0.05) is 70.3 Å². The molecular weight excluding hydrogens is 287 g/mol. The van der Waals surface area contributed by atoms with E-state index in [1.165, 1.54) is 24.8 Å². The zero-order valence-corrected chi connectivity index (χ0v) is 14.5. The van der Waals surface area contributed by atoms with Crippen LogP contribution in [0.25, 0.3) is 0 Å². The van der Waals surface area contributed by atoms with Crippen molar-refractivity contribution in [1.82, 2.24) is 0 Å². The summed E-state index contributed by atoms with van der Waals surface area (Å²) in [5, 5.41) is 0. The monoisotopic (exact) mass is 316 g/mol. The molecule has 0 bridgehead atoms. The highest BCUT2D eigenvalue weighted by Gasteiger charge is 2.39. The number of allylic oxidation sites excluding steroid dienone is 2. The van der Waals surface area contributed by atoms with Crippen molar-refractivity contribution in [2.75, 3.05) is 0 Å². The Bertz CT molecular complexity index is 438. The van der Waals surface area contributed by atoms with Crippen LogP contribution in [0, 0.1) is 11.8 Å². The van der Waals surface area contributed by atoms with E-state index in [0.29, 0.717) is 5.92 Å². The fourth-order valence-electron chi connectivity index (χ4n) is 2.91. The largest absolute Gasteiger partial charge is 0.470 e. The number of rotatable bonds is 8. The Morgan fingerprint density at radius 3 is 2.62 bits per heavy atom. The molecule has 1 aliphatic rings. The first-order valence-corrected chi connectivity index (χ1v) is 9.39. The van der Waals surface area contributed by atoms with Gasteiger partial charge in [0.2, 0.25) is 0 Å². The summed E-state index contributed by atoms with van der Waals surface area (Å²) in [5.74, 6) is 0.593. The third kappa shape index (κ3) is 5.71. The molecule has 0 radical (unpaired) electrons. The van der Waals surface area contributed by atoms with E-state index in [1.54, 1.807) is 13.0 Å². The number of hydrogen-bond acceptors (Lipinski definition) is 2. The van der Waals surface area contributed by atoms with E-state index in [9.17, 15) is 4.57 Å². The molecule has 0 spiro atoms. The summed E-state index contributed by atoms with van der Waals surface area (Å²) in [6.45, 7) is 8.13. The number of phosphoric acid groups is 1. The average Bonchev–Trinajstić information content (AvgIpc) is 2.37. The fraction of sp³-hybridized carbons (Fsp3) is 0.750. The molecule has 0 amide bonds. The van der Waals surface area contributed by atoms with Crippen molar-refractivity contribution in [2.45, 2.75) is 65.4 Å². The van der Waals surface area contributed by atoms with Gasteiger partial charge in [0, 0.05) is 5.92 Å². The van der Waals surface area contributed by atoms with E-state index >= 15 is 0 Å². The Labute approximate surface area is 128 Å². The van der Waals surface area contributed by atoms with E-state index in [4.69, 9.17) is 14.3 Å². The summed E-state index contributed by atoms with van der Waals surface area (Å²) in [4.78, 5) is 18.2. The lowest BCUT2D eigenvalue weighted by Crippen LogP contribution is -2.36. The van der Waals surface area contributed by atoms with Crippen molar-refractivity contribution in [3.63, 3.8) is 0 Å². The third-order valence-electron chi connectivity index (χ3n) is 4.54. The molecule has 4 nitrogen and oxygen atoms in total. The van der Waals surface area contributed by atoms with Crippen LogP contribution < -0.4 is 0 Å². The Balaban J connectivity index is 2.78. The highest BCUT2D eigenvalue weighted by atomic mass is 31.2. The van der Waals surface area contributed by atoms with Gasteiger partial charge in [-0.15, -0.1) is 0 Å². The molecule has 1 rings (SSSR count). The van der Waals surface area contributed by atoms with Crippen LogP contribution in [0.3, 0.4) is 0 Å². The number of hydrogen-bond donors (Lipinski definition) is 2. The average molecular weight is 316 g/mol. The minimum absolute atomic E-state index is 0.0363. The van der Waals surface area contributed by atoms with Crippen LogP contribution >= 0.6 is 7.82 Å². The lowest BCUT2D eigenvalue weighted by molar-refractivity contribution is 0.0539. The first-order chi connectivity index (χ1) is 9.72. The van der Waals surface area contributed by atoms with Crippen molar-refractivity contribution in [3.8, 4) is 0 Å². The molecule has 0 heterocycles. The van der Waals surface area contributed by atoms with Gasteiger partial charge in [-0.2, -0.15) is 0 Å². The van der Waals surface area contributed by atoms with Crippen LogP contribution in [-0.4, -0.2) is 15.4 Å². The van der Waals surface area contributed by atoms with Crippen LogP contribution in [0.5, 0.6) is 0 Å². The van der Waals surface area contributed by atoms with Gasteiger partial charge in [0.15, 0.2) is 0 Å². The van der Waals surface area contributed by atoms with Crippen LogP contribution in [-0.2, 0) is 9.09 Å².